The van der Waals surface area contributed by atoms with Gasteiger partial charge in [-0.25, -0.2) is 4.79 Å². The van der Waals surface area contributed by atoms with E-state index in [0.717, 1.165) is 52.1 Å². The Labute approximate surface area is 133 Å². The number of hydrogen-bond donors (Lipinski definition) is 1. The zero-order valence-electron chi connectivity index (χ0n) is 13.3. The SMILES string of the molecule is CCC(C(N)=S)N1CCN(C(=O)N2CCCC(C)C2)CC1. The second kappa shape index (κ2) is 7.40. The van der Waals surface area contributed by atoms with E-state index in [-0.39, 0.29) is 12.1 Å². The predicted octanol–water partition coefficient (Wildman–Crippen LogP) is 1.52. The molecule has 0 aliphatic carbocycles. The number of likely N-dealkylation sites (tertiary alicyclic amines) is 1. The fourth-order valence-electron chi connectivity index (χ4n) is 3.43. The molecule has 2 aliphatic heterocycles. The highest BCUT2D eigenvalue weighted by Crippen LogP contribution is 2.18. The number of nitrogens with two attached hydrogens (primary N) is 1. The first-order chi connectivity index (χ1) is 10.0. The summed E-state index contributed by atoms with van der Waals surface area (Å²) in [7, 11) is 0. The van der Waals surface area contributed by atoms with Crippen molar-refractivity contribution in [1.82, 2.24) is 14.7 Å². The van der Waals surface area contributed by atoms with E-state index in [0.29, 0.717) is 10.9 Å². The van der Waals surface area contributed by atoms with E-state index in [1.807, 2.05) is 9.80 Å². The molecular weight excluding hydrogens is 284 g/mol. The first-order valence-electron chi connectivity index (χ1n) is 8.10. The Morgan fingerprint density at radius 2 is 1.90 bits per heavy atom. The summed E-state index contributed by atoms with van der Waals surface area (Å²) in [4.78, 5) is 19.5. The molecule has 0 aromatic rings. The van der Waals surface area contributed by atoms with Crippen molar-refractivity contribution in [3.63, 3.8) is 0 Å². The molecule has 0 radical (unpaired) electrons. The molecule has 2 atom stereocenters. The number of amides is 2. The average molecular weight is 312 g/mol. The topological polar surface area (TPSA) is 52.8 Å². The van der Waals surface area contributed by atoms with Crippen molar-refractivity contribution < 1.29 is 4.79 Å². The van der Waals surface area contributed by atoms with Gasteiger partial charge in [0, 0.05) is 39.3 Å². The number of urea groups is 1. The van der Waals surface area contributed by atoms with Gasteiger partial charge in [-0.15, -0.1) is 0 Å². The highest BCUT2D eigenvalue weighted by molar-refractivity contribution is 7.80. The highest BCUT2D eigenvalue weighted by Gasteiger charge is 2.30. The fraction of sp³-hybridized carbons (Fsp3) is 0.867. The summed E-state index contributed by atoms with van der Waals surface area (Å²) in [6.07, 6.45) is 3.31. The third kappa shape index (κ3) is 4.07. The van der Waals surface area contributed by atoms with Crippen LogP contribution in [0.2, 0.25) is 0 Å². The molecule has 2 rings (SSSR count). The smallest absolute Gasteiger partial charge is 0.320 e. The first-order valence-corrected chi connectivity index (χ1v) is 8.51. The molecule has 2 aliphatic rings. The predicted molar refractivity (Wildman–Crippen MR) is 89.4 cm³/mol. The molecule has 21 heavy (non-hydrogen) atoms. The Bertz CT molecular complexity index is 382. The van der Waals surface area contributed by atoms with Crippen molar-refractivity contribution >= 4 is 23.2 Å². The number of rotatable bonds is 3. The minimum atomic E-state index is 0.173. The van der Waals surface area contributed by atoms with E-state index in [2.05, 4.69) is 18.7 Å². The van der Waals surface area contributed by atoms with E-state index in [1.165, 1.54) is 6.42 Å². The van der Waals surface area contributed by atoms with Gasteiger partial charge in [0.05, 0.1) is 11.0 Å². The maximum atomic E-state index is 12.6. The Hall–Kier alpha value is -0.880. The fourth-order valence-corrected chi connectivity index (χ4v) is 3.74. The molecule has 2 amide bonds. The molecular formula is C15H28N4OS. The number of piperidine rings is 1. The van der Waals surface area contributed by atoms with Crippen LogP contribution < -0.4 is 5.73 Å². The molecule has 2 N–H and O–H groups in total. The van der Waals surface area contributed by atoms with Crippen LogP contribution in [0.5, 0.6) is 0 Å². The Kier molecular flexibility index (Phi) is 5.81. The van der Waals surface area contributed by atoms with Crippen molar-refractivity contribution in [2.75, 3.05) is 39.3 Å². The number of carbonyl (C=O) groups excluding carboxylic acids is 1. The van der Waals surface area contributed by atoms with Crippen molar-refractivity contribution in [2.24, 2.45) is 11.7 Å². The summed E-state index contributed by atoms with van der Waals surface area (Å²) in [5.74, 6) is 0.628. The van der Waals surface area contributed by atoms with Crippen LogP contribution in [0, 0.1) is 5.92 Å². The third-order valence-corrected chi connectivity index (χ3v) is 4.94. The van der Waals surface area contributed by atoms with Crippen LogP contribution in [0.3, 0.4) is 0 Å². The third-order valence-electron chi connectivity index (χ3n) is 4.67. The number of thiocarbonyl (C=S) groups is 1. The summed E-state index contributed by atoms with van der Waals surface area (Å²) in [5.41, 5.74) is 5.81. The van der Waals surface area contributed by atoms with Gasteiger partial charge in [-0.1, -0.05) is 26.1 Å². The molecule has 2 unspecified atom stereocenters. The lowest BCUT2D eigenvalue weighted by Crippen LogP contribution is -2.57. The van der Waals surface area contributed by atoms with Crippen molar-refractivity contribution in [3.8, 4) is 0 Å². The van der Waals surface area contributed by atoms with E-state index in [4.69, 9.17) is 18.0 Å². The normalized spacial score (nSPS) is 25.7. The van der Waals surface area contributed by atoms with Crippen LogP contribution in [-0.2, 0) is 0 Å². The Morgan fingerprint density at radius 3 is 2.43 bits per heavy atom. The second-order valence-electron chi connectivity index (χ2n) is 6.33. The number of nitrogens with zero attached hydrogens (tertiary/aromatic N) is 3. The second-order valence-corrected chi connectivity index (χ2v) is 6.80. The number of carbonyl (C=O) groups is 1. The summed E-state index contributed by atoms with van der Waals surface area (Å²) < 4.78 is 0. The molecule has 0 aromatic carbocycles. The Balaban J connectivity index is 1.85. The lowest BCUT2D eigenvalue weighted by Gasteiger charge is -2.41. The van der Waals surface area contributed by atoms with Crippen LogP contribution in [0.1, 0.15) is 33.1 Å². The zero-order chi connectivity index (χ0) is 15.4. The molecule has 6 heteroatoms. The Morgan fingerprint density at radius 1 is 1.24 bits per heavy atom. The first kappa shape index (κ1) is 16.5. The van der Waals surface area contributed by atoms with Crippen LogP contribution in [0.25, 0.3) is 0 Å². The quantitative estimate of drug-likeness (QED) is 0.803. The largest absolute Gasteiger partial charge is 0.392 e. The van der Waals surface area contributed by atoms with Crippen LogP contribution in [0.4, 0.5) is 4.79 Å². The van der Waals surface area contributed by atoms with Gasteiger partial charge in [0.15, 0.2) is 0 Å². The average Bonchev–Trinajstić information content (AvgIpc) is 2.47. The minimum absolute atomic E-state index is 0.173. The monoisotopic (exact) mass is 312 g/mol. The van der Waals surface area contributed by atoms with Gasteiger partial charge in [0.25, 0.3) is 0 Å². The molecule has 0 saturated carbocycles. The summed E-state index contributed by atoms with van der Waals surface area (Å²) in [6.45, 7) is 9.45. The minimum Gasteiger partial charge on any atom is -0.392 e. The zero-order valence-corrected chi connectivity index (χ0v) is 14.1. The molecule has 120 valence electrons. The van der Waals surface area contributed by atoms with Gasteiger partial charge in [-0.2, -0.15) is 0 Å². The van der Waals surface area contributed by atoms with Crippen molar-refractivity contribution in [1.29, 1.82) is 0 Å². The number of piperazine rings is 1. The summed E-state index contributed by atoms with van der Waals surface area (Å²) in [5, 5.41) is 0. The standard InChI is InChI=1S/C15H28N4OS/c1-3-13(14(16)21)17-7-9-18(10-8-17)15(20)19-6-4-5-12(2)11-19/h12-13H,3-11H2,1-2H3,(H2,16,21). The molecule has 0 aromatic heterocycles. The van der Waals surface area contributed by atoms with E-state index < -0.39 is 0 Å². The number of hydrogen-bond acceptors (Lipinski definition) is 3. The summed E-state index contributed by atoms with van der Waals surface area (Å²) in [6, 6.07) is 0.386. The van der Waals surface area contributed by atoms with Crippen molar-refractivity contribution in [2.45, 2.75) is 39.2 Å². The molecule has 2 saturated heterocycles. The highest BCUT2D eigenvalue weighted by atomic mass is 32.1. The molecule has 2 heterocycles. The lowest BCUT2D eigenvalue weighted by atomic mass is 10.0. The molecule has 0 bridgehead atoms. The lowest BCUT2D eigenvalue weighted by molar-refractivity contribution is 0.0933. The van der Waals surface area contributed by atoms with E-state index in [1.54, 1.807) is 0 Å². The van der Waals surface area contributed by atoms with E-state index >= 15 is 0 Å². The van der Waals surface area contributed by atoms with Gasteiger partial charge in [-0.05, 0) is 25.2 Å². The maximum absolute atomic E-state index is 12.6. The van der Waals surface area contributed by atoms with Gasteiger partial charge in [0.2, 0.25) is 0 Å². The maximum Gasteiger partial charge on any atom is 0.320 e. The van der Waals surface area contributed by atoms with Gasteiger partial charge >= 0.3 is 6.03 Å². The van der Waals surface area contributed by atoms with Gasteiger partial charge in [0.1, 0.15) is 0 Å². The molecule has 0 spiro atoms. The van der Waals surface area contributed by atoms with Gasteiger partial charge < -0.3 is 15.5 Å². The summed E-state index contributed by atoms with van der Waals surface area (Å²) >= 11 is 5.14. The molecule has 5 nitrogen and oxygen atoms in total. The van der Waals surface area contributed by atoms with Crippen LogP contribution in [0.15, 0.2) is 0 Å². The van der Waals surface area contributed by atoms with Crippen LogP contribution >= 0.6 is 12.2 Å². The van der Waals surface area contributed by atoms with Crippen LogP contribution in [-0.4, -0.2) is 71.0 Å². The molecule has 2 fully saturated rings. The van der Waals surface area contributed by atoms with Gasteiger partial charge in [-0.3, -0.25) is 4.90 Å². The van der Waals surface area contributed by atoms with Crippen molar-refractivity contribution in [3.05, 3.63) is 0 Å². The van der Waals surface area contributed by atoms with E-state index in [9.17, 15) is 4.79 Å².